The van der Waals surface area contributed by atoms with E-state index in [0.717, 1.165) is 11.1 Å². The number of carbonyl (C=O) groups excluding carboxylic acids is 1. The molecule has 0 aromatic carbocycles. The third kappa shape index (κ3) is 3.68. The maximum atomic E-state index is 11.9. The lowest BCUT2D eigenvalue weighted by atomic mass is 10.1. The SMILES string of the molecule is CCOC(=O)c1cc(N)cnc1NCc1cnccc1C. The number of nitrogens with two attached hydrogens (primary N) is 1. The number of aryl methyl sites for hydroxylation is 1. The number of nitrogens with zero attached hydrogens (tertiary/aromatic N) is 2. The number of ether oxygens (including phenoxy) is 1. The van der Waals surface area contributed by atoms with Gasteiger partial charge in [0.25, 0.3) is 0 Å². The minimum atomic E-state index is -0.442. The number of nitrogens with one attached hydrogen (secondary N) is 1. The summed E-state index contributed by atoms with van der Waals surface area (Å²) in [6.07, 6.45) is 5.02. The molecule has 0 aliphatic carbocycles. The lowest BCUT2D eigenvalue weighted by molar-refractivity contribution is 0.0527. The number of pyridine rings is 2. The summed E-state index contributed by atoms with van der Waals surface area (Å²) in [4.78, 5) is 20.2. The molecule has 21 heavy (non-hydrogen) atoms. The molecule has 2 aromatic rings. The fraction of sp³-hybridized carbons (Fsp3) is 0.267. The normalized spacial score (nSPS) is 10.2. The molecule has 0 saturated heterocycles. The largest absolute Gasteiger partial charge is 0.462 e. The third-order valence-corrected chi connectivity index (χ3v) is 3.00. The van der Waals surface area contributed by atoms with Gasteiger partial charge < -0.3 is 15.8 Å². The number of anilines is 2. The molecular weight excluding hydrogens is 268 g/mol. The first-order valence-corrected chi connectivity index (χ1v) is 6.67. The minimum absolute atomic E-state index is 0.300. The Bertz CT molecular complexity index is 643. The Morgan fingerprint density at radius 2 is 2.24 bits per heavy atom. The Hall–Kier alpha value is -2.63. The van der Waals surface area contributed by atoms with Crippen LogP contribution in [0, 0.1) is 6.92 Å². The highest BCUT2D eigenvalue weighted by Gasteiger charge is 2.14. The van der Waals surface area contributed by atoms with E-state index in [9.17, 15) is 4.79 Å². The molecule has 0 fully saturated rings. The summed E-state index contributed by atoms with van der Waals surface area (Å²) in [6, 6.07) is 3.49. The third-order valence-electron chi connectivity index (χ3n) is 3.00. The molecule has 0 bridgehead atoms. The Morgan fingerprint density at radius 1 is 1.43 bits per heavy atom. The summed E-state index contributed by atoms with van der Waals surface area (Å²) in [5, 5.41) is 3.13. The highest BCUT2D eigenvalue weighted by Crippen LogP contribution is 2.18. The summed E-state index contributed by atoms with van der Waals surface area (Å²) >= 11 is 0. The van der Waals surface area contributed by atoms with Crippen LogP contribution in [0.1, 0.15) is 28.4 Å². The van der Waals surface area contributed by atoms with Gasteiger partial charge in [0.15, 0.2) is 0 Å². The first-order chi connectivity index (χ1) is 10.1. The predicted octanol–water partition coefficient (Wildman–Crippen LogP) is 2.16. The van der Waals surface area contributed by atoms with Gasteiger partial charge in [-0.05, 0) is 37.1 Å². The van der Waals surface area contributed by atoms with Crippen molar-refractivity contribution in [3.05, 3.63) is 47.4 Å². The molecule has 0 radical (unpaired) electrons. The Labute approximate surface area is 123 Å². The molecule has 0 amide bonds. The molecule has 0 spiro atoms. The number of hydrogen-bond donors (Lipinski definition) is 2. The zero-order chi connectivity index (χ0) is 15.2. The van der Waals surface area contributed by atoms with E-state index >= 15 is 0 Å². The minimum Gasteiger partial charge on any atom is -0.462 e. The van der Waals surface area contributed by atoms with Crippen LogP contribution in [0.4, 0.5) is 11.5 Å². The van der Waals surface area contributed by atoms with Gasteiger partial charge in [0.05, 0.1) is 18.5 Å². The van der Waals surface area contributed by atoms with E-state index in [1.165, 1.54) is 6.20 Å². The van der Waals surface area contributed by atoms with Crippen molar-refractivity contribution >= 4 is 17.5 Å². The number of aromatic nitrogens is 2. The Balaban J connectivity index is 2.20. The van der Waals surface area contributed by atoms with Crippen LogP contribution in [-0.2, 0) is 11.3 Å². The molecule has 0 atom stereocenters. The fourth-order valence-electron chi connectivity index (χ4n) is 1.85. The summed E-state index contributed by atoms with van der Waals surface area (Å²) in [7, 11) is 0. The van der Waals surface area contributed by atoms with Gasteiger partial charge in [0.1, 0.15) is 11.4 Å². The number of esters is 1. The second-order valence-electron chi connectivity index (χ2n) is 4.54. The van der Waals surface area contributed by atoms with E-state index in [0.29, 0.717) is 30.2 Å². The van der Waals surface area contributed by atoms with Gasteiger partial charge in [0.2, 0.25) is 0 Å². The van der Waals surface area contributed by atoms with Crippen molar-refractivity contribution in [2.24, 2.45) is 0 Å². The molecule has 3 N–H and O–H groups in total. The average molecular weight is 286 g/mol. The van der Waals surface area contributed by atoms with Crippen LogP contribution in [-0.4, -0.2) is 22.5 Å². The van der Waals surface area contributed by atoms with Crippen LogP contribution in [0.15, 0.2) is 30.7 Å². The van der Waals surface area contributed by atoms with Crippen LogP contribution < -0.4 is 11.1 Å². The van der Waals surface area contributed by atoms with Crippen LogP contribution in [0.5, 0.6) is 0 Å². The quantitative estimate of drug-likeness (QED) is 0.819. The van der Waals surface area contributed by atoms with E-state index in [1.807, 2.05) is 13.0 Å². The van der Waals surface area contributed by atoms with E-state index in [4.69, 9.17) is 10.5 Å². The first-order valence-electron chi connectivity index (χ1n) is 6.67. The fourth-order valence-corrected chi connectivity index (χ4v) is 1.85. The van der Waals surface area contributed by atoms with Gasteiger partial charge >= 0.3 is 5.97 Å². The van der Waals surface area contributed by atoms with Crippen molar-refractivity contribution in [3.8, 4) is 0 Å². The number of rotatable bonds is 5. The Kier molecular flexibility index (Phi) is 4.71. The van der Waals surface area contributed by atoms with Crippen molar-refractivity contribution in [1.82, 2.24) is 9.97 Å². The summed E-state index contributed by atoms with van der Waals surface area (Å²) in [5.74, 6) is 0.00797. The highest BCUT2D eigenvalue weighted by atomic mass is 16.5. The van der Waals surface area contributed by atoms with Crippen molar-refractivity contribution in [2.75, 3.05) is 17.7 Å². The lowest BCUT2D eigenvalue weighted by Gasteiger charge is -2.12. The molecule has 0 aliphatic heterocycles. The second-order valence-corrected chi connectivity index (χ2v) is 4.54. The van der Waals surface area contributed by atoms with Crippen molar-refractivity contribution in [3.63, 3.8) is 0 Å². The maximum absolute atomic E-state index is 11.9. The van der Waals surface area contributed by atoms with Crippen LogP contribution in [0.2, 0.25) is 0 Å². The average Bonchev–Trinajstić information content (AvgIpc) is 2.47. The second kappa shape index (κ2) is 6.69. The molecule has 0 aliphatic rings. The molecule has 0 unspecified atom stereocenters. The molecule has 6 nitrogen and oxygen atoms in total. The van der Waals surface area contributed by atoms with Gasteiger partial charge in [-0.2, -0.15) is 0 Å². The van der Waals surface area contributed by atoms with Crippen molar-refractivity contribution in [2.45, 2.75) is 20.4 Å². The van der Waals surface area contributed by atoms with Gasteiger partial charge in [-0.3, -0.25) is 4.98 Å². The molecule has 2 aromatic heterocycles. The molecule has 2 heterocycles. The van der Waals surface area contributed by atoms with Gasteiger partial charge in [-0.25, -0.2) is 9.78 Å². The standard InChI is InChI=1S/C15H18N4O2/c1-3-21-15(20)13-6-12(16)9-19-14(13)18-8-11-7-17-5-4-10(11)2/h4-7,9H,3,8,16H2,1-2H3,(H,18,19). The monoisotopic (exact) mass is 286 g/mol. The maximum Gasteiger partial charge on any atom is 0.341 e. The van der Waals surface area contributed by atoms with Crippen LogP contribution in [0.25, 0.3) is 0 Å². The molecular formula is C15H18N4O2. The first kappa shape index (κ1) is 14.8. The van der Waals surface area contributed by atoms with E-state index in [1.54, 1.807) is 25.4 Å². The lowest BCUT2D eigenvalue weighted by Crippen LogP contribution is -2.12. The molecule has 6 heteroatoms. The number of nitrogen functional groups attached to an aromatic ring is 1. The van der Waals surface area contributed by atoms with Crippen LogP contribution in [0.3, 0.4) is 0 Å². The van der Waals surface area contributed by atoms with Crippen molar-refractivity contribution in [1.29, 1.82) is 0 Å². The van der Waals surface area contributed by atoms with Gasteiger partial charge in [-0.1, -0.05) is 0 Å². The highest BCUT2D eigenvalue weighted by molar-refractivity contribution is 5.95. The molecule has 0 saturated carbocycles. The van der Waals surface area contributed by atoms with Gasteiger partial charge in [0, 0.05) is 18.9 Å². The summed E-state index contributed by atoms with van der Waals surface area (Å²) < 4.78 is 5.01. The summed E-state index contributed by atoms with van der Waals surface area (Å²) in [6.45, 7) is 4.57. The number of carbonyl (C=O) groups is 1. The smallest absolute Gasteiger partial charge is 0.341 e. The molecule has 2 rings (SSSR count). The Morgan fingerprint density at radius 3 is 2.95 bits per heavy atom. The zero-order valence-corrected chi connectivity index (χ0v) is 12.1. The predicted molar refractivity (Wildman–Crippen MR) is 80.9 cm³/mol. The molecule has 110 valence electrons. The zero-order valence-electron chi connectivity index (χ0n) is 12.1. The topological polar surface area (TPSA) is 90.1 Å². The van der Waals surface area contributed by atoms with E-state index in [-0.39, 0.29) is 0 Å². The van der Waals surface area contributed by atoms with E-state index in [2.05, 4.69) is 15.3 Å². The summed E-state index contributed by atoms with van der Waals surface area (Å²) in [5.41, 5.74) is 8.58. The van der Waals surface area contributed by atoms with E-state index < -0.39 is 5.97 Å². The van der Waals surface area contributed by atoms with Crippen LogP contribution >= 0.6 is 0 Å². The number of hydrogen-bond acceptors (Lipinski definition) is 6. The van der Waals surface area contributed by atoms with Crippen molar-refractivity contribution < 1.29 is 9.53 Å². The van der Waals surface area contributed by atoms with Gasteiger partial charge in [-0.15, -0.1) is 0 Å².